The van der Waals surface area contributed by atoms with E-state index in [9.17, 15) is 22.0 Å². The molecular formula is C20H18BF5N2O. The topological polar surface area (TPSA) is 28.3 Å². The highest BCUT2D eigenvalue weighted by Gasteiger charge is 2.41. The molecule has 0 aliphatic rings. The molecule has 3 nitrogen and oxygen atoms in total. The first-order valence-corrected chi connectivity index (χ1v) is 8.87. The molecule has 3 rings (SSSR count). The maximum absolute atomic E-state index is 13.3. The Morgan fingerprint density at radius 1 is 1.14 bits per heavy atom. The number of alkyl halides is 4. The van der Waals surface area contributed by atoms with Crippen LogP contribution in [-0.4, -0.2) is 43.3 Å². The van der Waals surface area contributed by atoms with E-state index in [2.05, 4.69) is 4.98 Å². The Balaban J connectivity index is 1.55. The first kappa shape index (κ1) is 21.2. The first-order valence-electron chi connectivity index (χ1n) is 8.87. The van der Waals surface area contributed by atoms with E-state index in [1.165, 1.54) is 29.1 Å². The third-order valence-corrected chi connectivity index (χ3v) is 4.43. The second-order valence-corrected chi connectivity index (χ2v) is 6.72. The maximum Gasteiger partial charge on any atom is 0.340 e. The minimum atomic E-state index is -4.21. The molecule has 0 amide bonds. The lowest BCUT2D eigenvalue weighted by atomic mass is 10.1. The van der Waals surface area contributed by atoms with Crippen molar-refractivity contribution in [3.63, 3.8) is 0 Å². The van der Waals surface area contributed by atoms with E-state index in [0.29, 0.717) is 30.6 Å². The van der Waals surface area contributed by atoms with Crippen LogP contribution in [0.2, 0.25) is 0 Å². The molecule has 0 aliphatic heterocycles. The molecule has 2 radical (unpaired) electrons. The summed E-state index contributed by atoms with van der Waals surface area (Å²) in [5, 5.41) is 0.912. The molecule has 0 saturated carbocycles. The second-order valence-electron chi connectivity index (χ2n) is 6.72. The highest BCUT2D eigenvalue weighted by Crippen LogP contribution is 2.25. The highest BCUT2D eigenvalue weighted by molar-refractivity contribution is 6.04. The van der Waals surface area contributed by atoms with Crippen molar-refractivity contribution in [1.29, 1.82) is 0 Å². The Bertz CT molecular complexity index is 963. The Hall–Kier alpha value is -2.55. The minimum absolute atomic E-state index is 0.0647. The van der Waals surface area contributed by atoms with E-state index >= 15 is 0 Å². The van der Waals surface area contributed by atoms with Gasteiger partial charge in [-0.2, -0.15) is 8.78 Å². The number of nitrogens with one attached hydrogen (secondary N) is 1. The number of aromatic amines is 1. The summed E-state index contributed by atoms with van der Waals surface area (Å²) in [5.41, 5.74) is 2.38. The predicted molar refractivity (Wildman–Crippen MR) is 101 cm³/mol. The summed E-state index contributed by atoms with van der Waals surface area (Å²) in [6.07, 6.45) is -1.37. The number of nitrogens with zero attached hydrogens (tertiary/aromatic N) is 1. The SMILES string of the molecule is [B]N(CCc1c[nH]c2cc(F)ccc12)Cc1cccc(OCC(F)(F)C(F)F)c1. The third kappa shape index (κ3) is 5.50. The number of H-pyrrole nitrogens is 1. The smallest absolute Gasteiger partial charge is 0.340 e. The molecule has 152 valence electrons. The normalized spacial score (nSPS) is 12.2. The maximum atomic E-state index is 13.3. The van der Waals surface area contributed by atoms with E-state index in [1.54, 1.807) is 24.4 Å². The van der Waals surface area contributed by atoms with Crippen LogP contribution < -0.4 is 4.74 Å². The fourth-order valence-corrected chi connectivity index (χ4v) is 2.92. The molecular weight excluding hydrogens is 390 g/mol. The van der Waals surface area contributed by atoms with Gasteiger partial charge in [0.2, 0.25) is 0 Å². The van der Waals surface area contributed by atoms with Gasteiger partial charge < -0.3 is 14.5 Å². The number of benzene rings is 2. The summed E-state index contributed by atoms with van der Waals surface area (Å²) in [5.74, 6) is -4.47. The molecule has 0 bridgehead atoms. The molecule has 29 heavy (non-hydrogen) atoms. The van der Waals surface area contributed by atoms with Crippen LogP contribution in [0.25, 0.3) is 10.9 Å². The number of rotatable bonds is 9. The predicted octanol–water partition coefficient (Wildman–Crippen LogP) is 4.71. The molecule has 0 aliphatic carbocycles. The molecule has 0 saturated heterocycles. The van der Waals surface area contributed by atoms with Crippen LogP contribution in [0.4, 0.5) is 22.0 Å². The number of aromatic nitrogens is 1. The van der Waals surface area contributed by atoms with Crippen molar-refractivity contribution in [2.45, 2.75) is 25.3 Å². The van der Waals surface area contributed by atoms with Gasteiger partial charge in [-0.3, -0.25) is 0 Å². The van der Waals surface area contributed by atoms with Gasteiger partial charge in [-0.1, -0.05) is 12.1 Å². The van der Waals surface area contributed by atoms with E-state index < -0.39 is 19.0 Å². The van der Waals surface area contributed by atoms with Crippen LogP contribution in [-0.2, 0) is 13.0 Å². The number of hydrogen-bond donors (Lipinski definition) is 1. The first-order chi connectivity index (χ1) is 13.7. The quantitative estimate of drug-likeness (QED) is 0.410. The summed E-state index contributed by atoms with van der Waals surface area (Å²) >= 11 is 0. The zero-order chi connectivity index (χ0) is 21.0. The molecule has 0 unspecified atom stereocenters. The van der Waals surface area contributed by atoms with E-state index in [0.717, 1.165) is 10.9 Å². The summed E-state index contributed by atoms with van der Waals surface area (Å²) in [4.78, 5) is 4.55. The van der Waals surface area contributed by atoms with Gasteiger partial charge in [0.15, 0.2) is 14.6 Å². The van der Waals surface area contributed by atoms with E-state index in [1.807, 2.05) is 0 Å². The van der Waals surface area contributed by atoms with Gasteiger partial charge in [0.25, 0.3) is 0 Å². The Morgan fingerprint density at radius 3 is 2.69 bits per heavy atom. The van der Waals surface area contributed by atoms with Gasteiger partial charge in [0.05, 0.1) is 0 Å². The molecule has 1 heterocycles. The summed E-state index contributed by atoms with van der Waals surface area (Å²) in [7, 11) is 6.03. The molecule has 1 aromatic heterocycles. The third-order valence-electron chi connectivity index (χ3n) is 4.43. The molecule has 2 aromatic carbocycles. The fourth-order valence-electron chi connectivity index (χ4n) is 2.92. The highest BCUT2D eigenvalue weighted by atomic mass is 19.3. The van der Waals surface area contributed by atoms with Gasteiger partial charge in [0, 0.05) is 23.6 Å². The number of halogens is 5. The van der Waals surface area contributed by atoms with Crippen molar-refractivity contribution in [3.8, 4) is 5.75 Å². The number of hydrogen-bond acceptors (Lipinski definition) is 2. The lowest BCUT2D eigenvalue weighted by Gasteiger charge is -2.19. The second kappa shape index (κ2) is 8.86. The lowest BCUT2D eigenvalue weighted by Crippen LogP contribution is -2.33. The van der Waals surface area contributed by atoms with Crippen molar-refractivity contribution in [3.05, 3.63) is 65.6 Å². The average molecular weight is 408 g/mol. The van der Waals surface area contributed by atoms with E-state index in [4.69, 9.17) is 12.7 Å². The minimum Gasteiger partial charge on any atom is -0.487 e. The lowest BCUT2D eigenvalue weighted by molar-refractivity contribution is -0.148. The molecule has 0 atom stereocenters. The van der Waals surface area contributed by atoms with Gasteiger partial charge >= 0.3 is 12.3 Å². The fraction of sp³-hybridized carbons (Fsp3) is 0.300. The molecule has 0 fully saturated rings. The molecule has 9 heteroatoms. The molecule has 0 spiro atoms. The van der Waals surface area contributed by atoms with Crippen molar-refractivity contribution in [2.75, 3.05) is 13.2 Å². The monoisotopic (exact) mass is 408 g/mol. The number of fused-ring (bicyclic) bond motifs is 1. The van der Waals surface area contributed by atoms with Gasteiger partial charge in [-0.15, -0.1) is 0 Å². The zero-order valence-electron chi connectivity index (χ0n) is 15.3. The standard InChI is InChI=1S/C20H18BF5N2O/c21-28(7-6-14-10-27-18-9-15(22)4-5-17(14)18)11-13-2-1-3-16(8-13)29-12-20(25,26)19(23)24/h1-5,8-10,19,27H,6-7,11-12H2. The van der Waals surface area contributed by atoms with Crippen LogP contribution in [0.3, 0.4) is 0 Å². The van der Waals surface area contributed by atoms with Crippen molar-refractivity contribution < 1.29 is 26.7 Å². The average Bonchev–Trinajstić information content (AvgIpc) is 3.07. The summed E-state index contributed by atoms with van der Waals surface area (Å²) < 4.78 is 68.5. The Labute approximate surface area is 165 Å². The van der Waals surface area contributed by atoms with Crippen molar-refractivity contribution in [1.82, 2.24) is 9.79 Å². The van der Waals surface area contributed by atoms with Crippen molar-refractivity contribution >= 4 is 18.9 Å². The Kier molecular flexibility index (Phi) is 6.47. The zero-order valence-corrected chi connectivity index (χ0v) is 15.3. The van der Waals surface area contributed by atoms with Gasteiger partial charge in [0.1, 0.15) is 11.6 Å². The summed E-state index contributed by atoms with van der Waals surface area (Å²) in [6.45, 7) is -0.611. The summed E-state index contributed by atoms with van der Waals surface area (Å²) in [6, 6.07) is 10.7. The van der Waals surface area contributed by atoms with Crippen LogP contribution >= 0.6 is 0 Å². The van der Waals surface area contributed by atoms with Gasteiger partial charge in [-0.05, 0) is 54.4 Å². The molecule has 3 aromatic rings. The van der Waals surface area contributed by atoms with Crippen LogP contribution in [0, 0.1) is 5.82 Å². The van der Waals surface area contributed by atoms with Crippen LogP contribution in [0.1, 0.15) is 11.1 Å². The van der Waals surface area contributed by atoms with E-state index in [-0.39, 0.29) is 11.6 Å². The van der Waals surface area contributed by atoms with Crippen LogP contribution in [0.5, 0.6) is 5.75 Å². The van der Waals surface area contributed by atoms with Crippen molar-refractivity contribution in [2.24, 2.45) is 0 Å². The van der Waals surface area contributed by atoms with Crippen LogP contribution in [0.15, 0.2) is 48.7 Å². The Morgan fingerprint density at radius 2 is 1.93 bits per heavy atom. The van der Waals surface area contributed by atoms with Gasteiger partial charge in [-0.25, -0.2) is 13.2 Å². The number of ether oxygens (including phenoxy) is 1. The largest absolute Gasteiger partial charge is 0.487 e. The molecule has 1 N–H and O–H groups in total.